The molecular formula is C24H15N. The van der Waals surface area contributed by atoms with Gasteiger partial charge >= 0.3 is 0 Å². The van der Waals surface area contributed by atoms with Gasteiger partial charge in [0.25, 0.3) is 0 Å². The van der Waals surface area contributed by atoms with Crippen LogP contribution in [0, 0.1) is 0 Å². The molecule has 1 heteroatoms. The van der Waals surface area contributed by atoms with E-state index in [0.717, 1.165) is 0 Å². The van der Waals surface area contributed by atoms with E-state index < -0.39 is 0 Å². The Morgan fingerprint density at radius 1 is 0.440 bits per heavy atom. The van der Waals surface area contributed by atoms with Gasteiger partial charge in [0.05, 0.1) is 5.52 Å². The second kappa shape index (κ2) is 4.61. The Kier molecular flexibility index (Phi) is 2.40. The molecule has 1 heterocycles. The number of H-pyrrole nitrogens is 1. The number of nitrogens with one attached hydrogen (secondary N) is 1. The molecule has 6 aromatic rings. The van der Waals surface area contributed by atoms with E-state index in [-0.39, 0.29) is 0 Å². The topological polar surface area (TPSA) is 15.8 Å². The summed E-state index contributed by atoms with van der Waals surface area (Å²) < 4.78 is 0. The second-order valence-corrected chi connectivity index (χ2v) is 6.74. The molecule has 0 fully saturated rings. The van der Waals surface area contributed by atoms with Crippen LogP contribution < -0.4 is 0 Å². The first-order valence-electron chi connectivity index (χ1n) is 8.63. The van der Waals surface area contributed by atoms with Crippen molar-refractivity contribution in [3.05, 3.63) is 84.9 Å². The zero-order valence-corrected chi connectivity index (χ0v) is 13.6. The number of fused-ring (bicyclic) bond motifs is 8. The Balaban J connectivity index is 1.83. The average molecular weight is 317 g/mol. The van der Waals surface area contributed by atoms with E-state index in [1.807, 2.05) is 0 Å². The van der Waals surface area contributed by atoms with Crippen LogP contribution in [0.25, 0.3) is 54.1 Å². The highest BCUT2D eigenvalue weighted by Crippen LogP contribution is 2.35. The molecule has 0 saturated heterocycles. The van der Waals surface area contributed by atoms with Gasteiger partial charge in [0.1, 0.15) is 0 Å². The molecule has 1 N–H and O–H groups in total. The van der Waals surface area contributed by atoms with Gasteiger partial charge in [0.15, 0.2) is 0 Å². The number of hydrogen-bond donors (Lipinski definition) is 1. The summed E-state index contributed by atoms with van der Waals surface area (Å²) >= 11 is 0. The lowest BCUT2D eigenvalue weighted by atomic mass is 9.97. The van der Waals surface area contributed by atoms with Crippen LogP contribution in [-0.2, 0) is 0 Å². The summed E-state index contributed by atoms with van der Waals surface area (Å²) in [6, 6.07) is 30.7. The summed E-state index contributed by atoms with van der Waals surface area (Å²) in [6.07, 6.45) is 0. The third-order valence-corrected chi connectivity index (χ3v) is 5.36. The molecule has 0 bridgehead atoms. The van der Waals surface area contributed by atoms with Crippen molar-refractivity contribution >= 4 is 54.1 Å². The van der Waals surface area contributed by atoms with Crippen molar-refractivity contribution in [3.63, 3.8) is 0 Å². The maximum Gasteiger partial charge on any atom is 0.0544 e. The zero-order valence-electron chi connectivity index (χ0n) is 13.6. The Labute approximate surface area is 144 Å². The molecule has 25 heavy (non-hydrogen) atoms. The lowest BCUT2D eigenvalue weighted by molar-refractivity contribution is 1.56. The summed E-state index contributed by atoms with van der Waals surface area (Å²) in [5.41, 5.74) is 2.43. The first-order chi connectivity index (χ1) is 12.4. The van der Waals surface area contributed by atoms with Crippen molar-refractivity contribution in [1.82, 2.24) is 4.98 Å². The van der Waals surface area contributed by atoms with E-state index in [9.17, 15) is 0 Å². The maximum absolute atomic E-state index is 3.62. The Hall–Kier alpha value is -3.32. The van der Waals surface area contributed by atoms with E-state index in [4.69, 9.17) is 0 Å². The van der Waals surface area contributed by atoms with Crippen LogP contribution in [-0.4, -0.2) is 4.98 Å². The minimum absolute atomic E-state index is 1.20. The van der Waals surface area contributed by atoms with Crippen molar-refractivity contribution in [3.8, 4) is 0 Å². The molecule has 0 saturated carbocycles. The Morgan fingerprint density at radius 3 is 2.08 bits per heavy atom. The molecule has 6 rings (SSSR count). The molecule has 0 aliphatic heterocycles. The normalized spacial score (nSPS) is 12.0. The first-order valence-corrected chi connectivity index (χ1v) is 8.63. The third-order valence-electron chi connectivity index (χ3n) is 5.36. The summed E-state index contributed by atoms with van der Waals surface area (Å²) in [5, 5.41) is 10.4. The number of rotatable bonds is 0. The number of aromatic amines is 1. The van der Waals surface area contributed by atoms with Gasteiger partial charge in [-0.05, 0) is 45.1 Å². The minimum atomic E-state index is 1.20. The third kappa shape index (κ3) is 1.72. The van der Waals surface area contributed by atoms with E-state index in [1.165, 1.54) is 54.1 Å². The molecular weight excluding hydrogens is 302 g/mol. The number of hydrogen-bond acceptors (Lipinski definition) is 0. The summed E-state index contributed by atoms with van der Waals surface area (Å²) in [7, 11) is 0. The predicted molar refractivity (Wildman–Crippen MR) is 108 cm³/mol. The molecule has 0 spiro atoms. The van der Waals surface area contributed by atoms with E-state index in [0.29, 0.717) is 0 Å². The number of para-hydroxylation sites is 1. The van der Waals surface area contributed by atoms with Crippen LogP contribution in [0.4, 0.5) is 0 Å². The van der Waals surface area contributed by atoms with Gasteiger partial charge in [-0.25, -0.2) is 0 Å². The monoisotopic (exact) mass is 317 g/mol. The zero-order chi connectivity index (χ0) is 16.4. The maximum atomic E-state index is 3.62. The fourth-order valence-corrected chi connectivity index (χ4v) is 4.15. The largest absolute Gasteiger partial charge is 0.354 e. The second-order valence-electron chi connectivity index (χ2n) is 6.74. The van der Waals surface area contributed by atoms with E-state index in [1.54, 1.807) is 0 Å². The first kappa shape index (κ1) is 13.0. The highest BCUT2D eigenvalue weighted by molar-refractivity contribution is 6.21. The van der Waals surface area contributed by atoms with Crippen LogP contribution in [0.3, 0.4) is 0 Å². The predicted octanol–water partition coefficient (Wildman–Crippen LogP) is 6.78. The summed E-state index contributed by atoms with van der Waals surface area (Å²) in [5.74, 6) is 0. The SMILES string of the molecule is c1ccc2c(c1)ccc1cc3c(ccc4c5ccccc5[nH]c34)cc12. The molecule has 1 nitrogen and oxygen atoms in total. The van der Waals surface area contributed by atoms with Crippen LogP contribution in [0.2, 0.25) is 0 Å². The van der Waals surface area contributed by atoms with Crippen molar-refractivity contribution in [1.29, 1.82) is 0 Å². The molecule has 0 unspecified atom stereocenters. The smallest absolute Gasteiger partial charge is 0.0544 e. The van der Waals surface area contributed by atoms with Gasteiger partial charge in [0.2, 0.25) is 0 Å². The lowest BCUT2D eigenvalue weighted by Gasteiger charge is -2.07. The fraction of sp³-hybridized carbons (Fsp3) is 0. The van der Waals surface area contributed by atoms with E-state index in [2.05, 4.69) is 89.9 Å². The summed E-state index contributed by atoms with van der Waals surface area (Å²) in [4.78, 5) is 3.62. The number of aromatic nitrogens is 1. The molecule has 0 amide bonds. The summed E-state index contributed by atoms with van der Waals surface area (Å²) in [6.45, 7) is 0. The number of benzene rings is 5. The van der Waals surface area contributed by atoms with Crippen LogP contribution >= 0.6 is 0 Å². The van der Waals surface area contributed by atoms with Gasteiger partial charge in [-0.2, -0.15) is 0 Å². The van der Waals surface area contributed by atoms with Crippen molar-refractivity contribution in [2.45, 2.75) is 0 Å². The van der Waals surface area contributed by atoms with Gasteiger partial charge in [-0.15, -0.1) is 0 Å². The van der Waals surface area contributed by atoms with Crippen molar-refractivity contribution in [2.75, 3.05) is 0 Å². The minimum Gasteiger partial charge on any atom is -0.354 e. The van der Waals surface area contributed by atoms with Gasteiger partial charge < -0.3 is 4.98 Å². The molecule has 0 aliphatic rings. The van der Waals surface area contributed by atoms with E-state index >= 15 is 0 Å². The fourth-order valence-electron chi connectivity index (χ4n) is 4.15. The molecule has 116 valence electrons. The van der Waals surface area contributed by atoms with Gasteiger partial charge in [-0.3, -0.25) is 0 Å². The highest BCUT2D eigenvalue weighted by atomic mass is 14.7. The van der Waals surface area contributed by atoms with Gasteiger partial charge in [0, 0.05) is 21.7 Å². The molecule has 0 radical (unpaired) electrons. The Morgan fingerprint density at radius 2 is 1.12 bits per heavy atom. The highest BCUT2D eigenvalue weighted by Gasteiger charge is 2.09. The quantitative estimate of drug-likeness (QED) is 0.235. The van der Waals surface area contributed by atoms with Gasteiger partial charge in [-0.1, -0.05) is 66.7 Å². The Bertz CT molecular complexity index is 1440. The molecule has 5 aromatic carbocycles. The van der Waals surface area contributed by atoms with Crippen LogP contribution in [0.15, 0.2) is 84.9 Å². The van der Waals surface area contributed by atoms with Crippen molar-refractivity contribution < 1.29 is 0 Å². The van der Waals surface area contributed by atoms with Crippen LogP contribution in [0.1, 0.15) is 0 Å². The molecule has 1 aromatic heterocycles. The standard InChI is InChI=1S/C24H15N/c1-2-6-18-15(5-1)9-10-16-14-22-17(13-21(16)18)11-12-20-19-7-3-4-8-23(19)25-24(20)22/h1-14,25H. The van der Waals surface area contributed by atoms with Crippen LogP contribution in [0.5, 0.6) is 0 Å². The molecule has 0 atom stereocenters. The van der Waals surface area contributed by atoms with Crippen molar-refractivity contribution in [2.24, 2.45) is 0 Å². The molecule has 0 aliphatic carbocycles. The average Bonchev–Trinajstić information content (AvgIpc) is 3.06. The lowest BCUT2D eigenvalue weighted by Crippen LogP contribution is -1.81.